The molecule has 212 valence electrons. The highest BCUT2D eigenvalue weighted by Crippen LogP contribution is 2.36. The summed E-state index contributed by atoms with van der Waals surface area (Å²) in [5.74, 6) is -0.483. The zero-order valence-corrected chi connectivity index (χ0v) is 24.3. The molecular formula is C26H30ClFN8O2S2. The normalized spacial score (nSPS) is 18.5. The molecule has 0 spiro atoms. The number of hydrogen-bond donors (Lipinski definition) is 2. The molecule has 2 fully saturated rings. The van der Waals surface area contributed by atoms with E-state index in [1.165, 1.54) is 43.4 Å². The Labute approximate surface area is 241 Å². The van der Waals surface area contributed by atoms with E-state index < -0.39 is 15.8 Å². The SMILES string of the molecule is CN1CCC(N2CCC(n3nc(-c4ccc(NS(=O)(=O)c5ccc(Cl)s5)c(F)c4)c4c(N)ncnc43)CC2)CC1. The molecule has 40 heavy (non-hydrogen) atoms. The first-order chi connectivity index (χ1) is 19.2. The molecule has 3 aromatic heterocycles. The van der Waals surface area contributed by atoms with Crippen LogP contribution >= 0.6 is 22.9 Å². The average Bonchev–Trinajstić information content (AvgIpc) is 3.56. The maximum atomic E-state index is 15.2. The van der Waals surface area contributed by atoms with E-state index >= 15 is 4.39 Å². The summed E-state index contributed by atoms with van der Waals surface area (Å²) in [4.78, 5) is 13.6. The number of nitrogen functional groups attached to an aromatic ring is 1. The summed E-state index contributed by atoms with van der Waals surface area (Å²) in [6.07, 6.45) is 5.66. The Balaban J connectivity index is 1.26. The topological polar surface area (TPSA) is 122 Å². The third-order valence-corrected chi connectivity index (χ3v) is 11.0. The van der Waals surface area contributed by atoms with Crippen molar-refractivity contribution in [2.24, 2.45) is 0 Å². The van der Waals surface area contributed by atoms with Gasteiger partial charge < -0.3 is 15.5 Å². The van der Waals surface area contributed by atoms with Crippen molar-refractivity contribution in [2.75, 3.05) is 43.7 Å². The molecule has 0 aliphatic carbocycles. The van der Waals surface area contributed by atoms with Crippen molar-refractivity contribution in [3.63, 3.8) is 0 Å². The van der Waals surface area contributed by atoms with Gasteiger partial charge in [-0.25, -0.2) is 27.5 Å². The summed E-state index contributed by atoms with van der Waals surface area (Å²) < 4.78 is 45.1. The molecule has 0 atom stereocenters. The molecule has 3 N–H and O–H groups in total. The Morgan fingerprint density at radius 1 is 1.05 bits per heavy atom. The fourth-order valence-electron chi connectivity index (χ4n) is 5.69. The molecule has 5 heterocycles. The maximum Gasteiger partial charge on any atom is 0.271 e. The van der Waals surface area contributed by atoms with Gasteiger partial charge in [0.05, 0.1) is 21.5 Å². The highest BCUT2D eigenvalue weighted by atomic mass is 35.5. The minimum Gasteiger partial charge on any atom is -0.383 e. The number of anilines is 2. The van der Waals surface area contributed by atoms with Crippen LogP contribution in [0.3, 0.4) is 0 Å². The number of rotatable bonds is 6. The molecule has 2 aliphatic heterocycles. The number of likely N-dealkylation sites (tertiary alicyclic amines) is 2. The lowest BCUT2D eigenvalue weighted by atomic mass is 9.98. The number of piperidine rings is 2. The minimum atomic E-state index is -3.98. The summed E-state index contributed by atoms with van der Waals surface area (Å²) in [5.41, 5.74) is 7.62. The third kappa shape index (κ3) is 5.28. The lowest BCUT2D eigenvalue weighted by molar-refractivity contribution is 0.0859. The Bertz CT molecular complexity index is 1640. The second kappa shape index (κ2) is 10.9. The van der Waals surface area contributed by atoms with Crippen LogP contribution in [0.15, 0.2) is 40.9 Å². The molecule has 0 bridgehead atoms. The summed E-state index contributed by atoms with van der Waals surface area (Å²) in [5, 5.41) is 5.43. The smallest absolute Gasteiger partial charge is 0.271 e. The summed E-state index contributed by atoms with van der Waals surface area (Å²) in [6, 6.07) is 7.85. The molecular weight excluding hydrogens is 575 g/mol. The molecule has 1 aromatic carbocycles. The summed E-state index contributed by atoms with van der Waals surface area (Å²) in [6.45, 7) is 4.23. The van der Waals surface area contributed by atoms with Crippen LogP contribution in [-0.2, 0) is 10.0 Å². The first kappa shape index (κ1) is 27.3. The van der Waals surface area contributed by atoms with E-state index in [0.29, 0.717) is 32.7 Å². The molecule has 4 aromatic rings. The van der Waals surface area contributed by atoms with Crippen LogP contribution in [0, 0.1) is 5.82 Å². The number of nitrogens with one attached hydrogen (secondary N) is 1. The van der Waals surface area contributed by atoms with Crippen molar-refractivity contribution in [1.29, 1.82) is 0 Å². The van der Waals surface area contributed by atoms with Gasteiger partial charge in [-0.05, 0) is 70.1 Å². The number of hydrogen-bond acceptors (Lipinski definition) is 9. The van der Waals surface area contributed by atoms with Crippen molar-refractivity contribution in [3.8, 4) is 11.3 Å². The van der Waals surface area contributed by atoms with Crippen LogP contribution in [-0.4, -0.2) is 77.2 Å². The largest absolute Gasteiger partial charge is 0.383 e. The van der Waals surface area contributed by atoms with Crippen LogP contribution in [0.2, 0.25) is 4.34 Å². The van der Waals surface area contributed by atoms with E-state index in [4.69, 9.17) is 22.4 Å². The number of aromatic nitrogens is 4. The van der Waals surface area contributed by atoms with E-state index in [0.717, 1.165) is 50.4 Å². The fourth-order valence-corrected chi connectivity index (χ4v) is 8.24. The number of thiophene rings is 1. The number of nitrogens with two attached hydrogens (primary N) is 1. The standard InChI is InChI=1S/C26H30ClFN8O2S2/c1-34-10-6-17(7-11-34)35-12-8-18(9-13-35)36-26-23(25(29)30-15-31-26)24(32-36)16-2-3-20(19(28)14-16)33-40(37,38)22-5-4-21(27)39-22/h2-5,14-15,17-18,33H,6-13H2,1H3,(H2,29,30,31). The van der Waals surface area contributed by atoms with Gasteiger partial charge in [0, 0.05) is 24.7 Å². The molecule has 0 amide bonds. The Morgan fingerprint density at radius 3 is 2.45 bits per heavy atom. The highest BCUT2D eigenvalue weighted by molar-refractivity contribution is 7.94. The summed E-state index contributed by atoms with van der Waals surface area (Å²) >= 11 is 6.77. The molecule has 14 heteroatoms. The van der Waals surface area contributed by atoms with Gasteiger partial charge in [-0.3, -0.25) is 4.72 Å². The van der Waals surface area contributed by atoms with Crippen molar-refractivity contribution in [2.45, 2.75) is 42.0 Å². The van der Waals surface area contributed by atoms with Crippen LogP contribution in [0.4, 0.5) is 15.9 Å². The van der Waals surface area contributed by atoms with E-state index in [1.54, 1.807) is 6.07 Å². The molecule has 6 rings (SSSR count). The van der Waals surface area contributed by atoms with Crippen molar-refractivity contribution < 1.29 is 12.8 Å². The average molecular weight is 605 g/mol. The van der Waals surface area contributed by atoms with Gasteiger partial charge in [-0.15, -0.1) is 11.3 Å². The van der Waals surface area contributed by atoms with E-state index in [1.807, 2.05) is 4.68 Å². The van der Waals surface area contributed by atoms with Crippen molar-refractivity contribution in [3.05, 3.63) is 46.8 Å². The van der Waals surface area contributed by atoms with Crippen LogP contribution < -0.4 is 10.5 Å². The predicted octanol–water partition coefficient (Wildman–Crippen LogP) is 4.46. The number of sulfonamides is 1. The number of nitrogens with zero attached hydrogens (tertiary/aromatic N) is 6. The fraction of sp³-hybridized carbons (Fsp3) is 0.423. The third-order valence-electron chi connectivity index (χ3n) is 7.87. The van der Waals surface area contributed by atoms with E-state index in [-0.39, 0.29) is 21.8 Å². The van der Waals surface area contributed by atoms with Gasteiger partial charge in [0.25, 0.3) is 10.0 Å². The Hall–Kier alpha value is -2.84. The van der Waals surface area contributed by atoms with Gasteiger partial charge in [-0.1, -0.05) is 17.7 Å². The highest BCUT2D eigenvalue weighted by Gasteiger charge is 2.30. The second-order valence-electron chi connectivity index (χ2n) is 10.4. The van der Waals surface area contributed by atoms with Gasteiger partial charge >= 0.3 is 0 Å². The number of benzene rings is 1. The van der Waals surface area contributed by atoms with Gasteiger partial charge in [0.2, 0.25) is 0 Å². The van der Waals surface area contributed by atoms with Gasteiger partial charge in [-0.2, -0.15) is 5.10 Å². The molecule has 10 nitrogen and oxygen atoms in total. The monoisotopic (exact) mass is 604 g/mol. The lowest BCUT2D eigenvalue weighted by Crippen LogP contribution is -2.47. The van der Waals surface area contributed by atoms with Gasteiger partial charge in [0.1, 0.15) is 27.9 Å². The van der Waals surface area contributed by atoms with Crippen molar-refractivity contribution >= 4 is 55.5 Å². The van der Waals surface area contributed by atoms with Crippen LogP contribution in [0.25, 0.3) is 22.3 Å². The van der Waals surface area contributed by atoms with Crippen molar-refractivity contribution in [1.82, 2.24) is 29.5 Å². The van der Waals surface area contributed by atoms with E-state index in [9.17, 15) is 8.42 Å². The first-order valence-corrected chi connectivity index (χ1v) is 15.9. The molecule has 0 radical (unpaired) electrons. The Morgan fingerprint density at radius 2 is 1.77 bits per heavy atom. The lowest BCUT2D eigenvalue weighted by Gasteiger charge is -2.41. The predicted molar refractivity (Wildman–Crippen MR) is 156 cm³/mol. The maximum absolute atomic E-state index is 15.2. The quantitative estimate of drug-likeness (QED) is 0.331. The number of fused-ring (bicyclic) bond motifs is 1. The zero-order chi connectivity index (χ0) is 28.0. The number of halogens is 2. The Kier molecular flexibility index (Phi) is 7.42. The van der Waals surface area contributed by atoms with Gasteiger partial charge in [0.15, 0.2) is 5.65 Å². The minimum absolute atomic E-state index is 0.00231. The molecule has 2 aliphatic rings. The zero-order valence-electron chi connectivity index (χ0n) is 21.9. The second-order valence-corrected chi connectivity index (χ2v) is 14.0. The molecule has 2 saturated heterocycles. The summed E-state index contributed by atoms with van der Waals surface area (Å²) in [7, 11) is -1.81. The van der Waals surface area contributed by atoms with E-state index in [2.05, 4.69) is 31.5 Å². The molecule has 0 saturated carbocycles. The van der Waals surface area contributed by atoms with Crippen LogP contribution in [0.1, 0.15) is 31.7 Å². The van der Waals surface area contributed by atoms with Crippen LogP contribution in [0.5, 0.6) is 0 Å². The first-order valence-electron chi connectivity index (χ1n) is 13.2. The molecule has 0 unspecified atom stereocenters.